The van der Waals surface area contributed by atoms with Crippen molar-refractivity contribution in [2.24, 2.45) is 12.8 Å². The summed E-state index contributed by atoms with van der Waals surface area (Å²) in [5, 5.41) is 0. The molecule has 0 atom stereocenters. The number of halogens is 1. The Labute approximate surface area is 98.8 Å². The maximum atomic E-state index is 13.6. The molecule has 0 amide bonds. The second kappa shape index (κ2) is 4.55. The SMILES string of the molecule is COc1ccc(-c2c(CN)ncn2C)cc1F. The Balaban J connectivity index is 2.53. The van der Waals surface area contributed by atoms with E-state index in [1.54, 1.807) is 18.5 Å². The van der Waals surface area contributed by atoms with Gasteiger partial charge in [0.05, 0.1) is 24.8 Å². The molecule has 0 radical (unpaired) electrons. The Hall–Kier alpha value is -1.88. The molecule has 1 heterocycles. The van der Waals surface area contributed by atoms with Gasteiger partial charge in [-0.2, -0.15) is 0 Å². The van der Waals surface area contributed by atoms with Crippen molar-refractivity contribution in [1.82, 2.24) is 9.55 Å². The first-order chi connectivity index (χ1) is 8.17. The van der Waals surface area contributed by atoms with Crippen molar-refractivity contribution in [3.8, 4) is 17.0 Å². The highest BCUT2D eigenvalue weighted by Gasteiger charge is 2.12. The van der Waals surface area contributed by atoms with Gasteiger partial charge in [0.1, 0.15) is 0 Å². The van der Waals surface area contributed by atoms with E-state index in [1.807, 2.05) is 11.6 Å². The molecule has 0 bridgehead atoms. The molecule has 1 aromatic carbocycles. The highest BCUT2D eigenvalue weighted by atomic mass is 19.1. The van der Waals surface area contributed by atoms with Gasteiger partial charge < -0.3 is 15.0 Å². The van der Waals surface area contributed by atoms with Gasteiger partial charge in [-0.25, -0.2) is 9.37 Å². The lowest BCUT2D eigenvalue weighted by Crippen LogP contribution is -2.01. The van der Waals surface area contributed by atoms with E-state index in [0.717, 1.165) is 17.0 Å². The number of nitrogens with two attached hydrogens (primary N) is 1. The van der Waals surface area contributed by atoms with Crippen LogP contribution in [0.3, 0.4) is 0 Å². The van der Waals surface area contributed by atoms with E-state index in [0.29, 0.717) is 6.54 Å². The zero-order chi connectivity index (χ0) is 12.4. The van der Waals surface area contributed by atoms with Gasteiger partial charge in [-0.15, -0.1) is 0 Å². The zero-order valence-corrected chi connectivity index (χ0v) is 9.77. The minimum absolute atomic E-state index is 0.227. The van der Waals surface area contributed by atoms with E-state index in [-0.39, 0.29) is 5.75 Å². The van der Waals surface area contributed by atoms with E-state index in [9.17, 15) is 4.39 Å². The molecule has 5 heteroatoms. The molecule has 2 N–H and O–H groups in total. The average Bonchev–Trinajstić information content (AvgIpc) is 2.70. The Morgan fingerprint density at radius 3 is 2.82 bits per heavy atom. The topological polar surface area (TPSA) is 53.1 Å². The largest absolute Gasteiger partial charge is 0.494 e. The van der Waals surface area contributed by atoms with Gasteiger partial charge in [0.15, 0.2) is 11.6 Å². The third-order valence-electron chi connectivity index (χ3n) is 2.63. The Bertz CT molecular complexity index is 537. The molecule has 0 unspecified atom stereocenters. The first-order valence-corrected chi connectivity index (χ1v) is 5.21. The molecule has 2 rings (SSSR count). The number of aromatic nitrogens is 2. The minimum Gasteiger partial charge on any atom is -0.494 e. The molecule has 2 aromatic rings. The molecule has 0 aliphatic carbocycles. The number of methoxy groups -OCH3 is 1. The van der Waals surface area contributed by atoms with Crippen LogP contribution in [0.2, 0.25) is 0 Å². The van der Waals surface area contributed by atoms with Crippen LogP contribution in [0.15, 0.2) is 24.5 Å². The molecule has 4 nitrogen and oxygen atoms in total. The number of hydrogen-bond donors (Lipinski definition) is 1. The predicted octanol–water partition coefficient (Wildman–Crippen LogP) is 1.69. The van der Waals surface area contributed by atoms with E-state index >= 15 is 0 Å². The van der Waals surface area contributed by atoms with E-state index in [2.05, 4.69) is 4.98 Å². The monoisotopic (exact) mass is 235 g/mol. The number of nitrogens with zero attached hydrogens (tertiary/aromatic N) is 2. The molecule has 0 aliphatic rings. The molecule has 1 aromatic heterocycles. The Morgan fingerprint density at radius 2 is 2.24 bits per heavy atom. The lowest BCUT2D eigenvalue weighted by atomic mass is 10.1. The minimum atomic E-state index is -0.394. The van der Waals surface area contributed by atoms with Crippen LogP contribution in [-0.2, 0) is 13.6 Å². The third-order valence-corrected chi connectivity index (χ3v) is 2.63. The van der Waals surface area contributed by atoms with Crippen molar-refractivity contribution in [2.75, 3.05) is 7.11 Å². The Morgan fingerprint density at radius 1 is 1.47 bits per heavy atom. The van der Waals surface area contributed by atoms with Crippen molar-refractivity contribution in [2.45, 2.75) is 6.54 Å². The molecule has 0 fully saturated rings. The van der Waals surface area contributed by atoms with Crippen LogP contribution in [0, 0.1) is 5.82 Å². The van der Waals surface area contributed by atoms with E-state index < -0.39 is 5.82 Å². The maximum absolute atomic E-state index is 13.6. The van der Waals surface area contributed by atoms with Gasteiger partial charge in [0.2, 0.25) is 0 Å². The lowest BCUT2D eigenvalue weighted by Gasteiger charge is -2.07. The van der Waals surface area contributed by atoms with Crippen molar-refractivity contribution < 1.29 is 9.13 Å². The van der Waals surface area contributed by atoms with E-state index in [4.69, 9.17) is 10.5 Å². The second-order valence-corrected chi connectivity index (χ2v) is 3.70. The van der Waals surface area contributed by atoms with Crippen LogP contribution in [-0.4, -0.2) is 16.7 Å². The summed E-state index contributed by atoms with van der Waals surface area (Å²) in [6.45, 7) is 0.323. The number of imidazole rings is 1. The van der Waals surface area contributed by atoms with Crippen LogP contribution < -0.4 is 10.5 Å². The predicted molar refractivity (Wildman–Crippen MR) is 63.0 cm³/mol. The standard InChI is InChI=1S/C12H14FN3O/c1-16-7-15-10(6-14)12(16)8-3-4-11(17-2)9(13)5-8/h3-5,7H,6,14H2,1-2H3. The number of aryl methyl sites for hydroxylation is 1. The van der Waals surface area contributed by atoms with Gasteiger partial charge >= 0.3 is 0 Å². The molecule has 0 saturated carbocycles. The molecule has 0 aliphatic heterocycles. The summed E-state index contributed by atoms with van der Waals surface area (Å²) >= 11 is 0. The molecular formula is C12H14FN3O. The molecule has 17 heavy (non-hydrogen) atoms. The van der Waals surface area contributed by atoms with Crippen molar-refractivity contribution in [3.05, 3.63) is 36.0 Å². The summed E-state index contributed by atoms with van der Waals surface area (Å²) in [6, 6.07) is 4.81. The highest BCUT2D eigenvalue weighted by molar-refractivity contribution is 5.63. The first-order valence-electron chi connectivity index (χ1n) is 5.21. The summed E-state index contributed by atoms with van der Waals surface area (Å²) in [7, 11) is 3.29. The van der Waals surface area contributed by atoms with Crippen LogP contribution >= 0.6 is 0 Å². The average molecular weight is 235 g/mol. The number of rotatable bonds is 3. The number of ether oxygens (including phenoxy) is 1. The van der Waals surface area contributed by atoms with Gasteiger partial charge in [0, 0.05) is 19.2 Å². The second-order valence-electron chi connectivity index (χ2n) is 3.70. The fraction of sp³-hybridized carbons (Fsp3) is 0.250. The summed E-state index contributed by atoms with van der Waals surface area (Å²) in [5.74, 6) is -0.167. The van der Waals surface area contributed by atoms with Crippen molar-refractivity contribution in [1.29, 1.82) is 0 Å². The van der Waals surface area contributed by atoms with Crippen LogP contribution in [0.25, 0.3) is 11.3 Å². The van der Waals surface area contributed by atoms with Crippen LogP contribution in [0.4, 0.5) is 4.39 Å². The maximum Gasteiger partial charge on any atom is 0.165 e. The quantitative estimate of drug-likeness (QED) is 0.880. The third kappa shape index (κ3) is 2.01. The lowest BCUT2D eigenvalue weighted by molar-refractivity contribution is 0.386. The highest BCUT2D eigenvalue weighted by Crippen LogP contribution is 2.27. The normalized spacial score (nSPS) is 10.6. The fourth-order valence-corrected chi connectivity index (χ4v) is 1.81. The van der Waals surface area contributed by atoms with Gasteiger partial charge in [-0.3, -0.25) is 0 Å². The van der Waals surface area contributed by atoms with Gasteiger partial charge in [0.25, 0.3) is 0 Å². The van der Waals surface area contributed by atoms with E-state index in [1.165, 1.54) is 13.2 Å². The van der Waals surface area contributed by atoms with Crippen molar-refractivity contribution in [3.63, 3.8) is 0 Å². The molecule has 0 saturated heterocycles. The first kappa shape index (κ1) is 11.6. The van der Waals surface area contributed by atoms with Gasteiger partial charge in [-0.05, 0) is 18.2 Å². The van der Waals surface area contributed by atoms with Gasteiger partial charge in [-0.1, -0.05) is 0 Å². The molecular weight excluding hydrogens is 221 g/mol. The zero-order valence-electron chi connectivity index (χ0n) is 9.77. The summed E-state index contributed by atoms with van der Waals surface area (Å²) in [5.41, 5.74) is 7.92. The Kier molecular flexibility index (Phi) is 3.10. The van der Waals surface area contributed by atoms with Crippen LogP contribution in [0.1, 0.15) is 5.69 Å². The summed E-state index contributed by atoms with van der Waals surface area (Å²) < 4.78 is 20.3. The van der Waals surface area contributed by atoms with Crippen molar-refractivity contribution >= 4 is 0 Å². The summed E-state index contributed by atoms with van der Waals surface area (Å²) in [4.78, 5) is 4.17. The fourth-order valence-electron chi connectivity index (χ4n) is 1.81. The van der Waals surface area contributed by atoms with Crippen LogP contribution in [0.5, 0.6) is 5.75 Å². The summed E-state index contributed by atoms with van der Waals surface area (Å²) in [6.07, 6.45) is 1.67. The smallest absolute Gasteiger partial charge is 0.165 e. The number of hydrogen-bond acceptors (Lipinski definition) is 3. The number of benzene rings is 1. The molecule has 90 valence electrons. The molecule has 0 spiro atoms.